The van der Waals surface area contributed by atoms with Crippen molar-refractivity contribution < 1.29 is 22.4 Å². The summed E-state index contributed by atoms with van der Waals surface area (Å²) in [6, 6.07) is 9.53. The van der Waals surface area contributed by atoms with E-state index in [1.54, 1.807) is 6.07 Å². The Morgan fingerprint density at radius 1 is 0.914 bits per heavy atom. The maximum Gasteiger partial charge on any atom is 0.416 e. The van der Waals surface area contributed by atoms with E-state index in [9.17, 15) is 22.4 Å². The molecular weight excluding hydrogens is 458 g/mol. The topological polar surface area (TPSA) is 35.6 Å². The molecule has 0 aromatic heterocycles. The van der Waals surface area contributed by atoms with Crippen LogP contribution in [0.15, 0.2) is 42.5 Å². The number of hydrogen-bond acceptors (Lipinski definition) is 3. The van der Waals surface area contributed by atoms with Crippen molar-refractivity contribution in [2.24, 2.45) is 0 Å². The van der Waals surface area contributed by atoms with Gasteiger partial charge in [0.05, 0.1) is 11.3 Å². The molecule has 2 heterocycles. The molecule has 0 radical (unpaired) electrons. The minimum atomic E-state index is -4.42. The molecule has 1 amide bonds. The number of carbonyl (C=O) groups is 1. The molecule has 8 heteroatoms. The summed E-state index contributed by atoms with van der Waals surface area (Å²) >= 11 is 0. The highest BCUT2D eigenvalue weighted by molar-refractivity contribution is 5.91. The first kappa shape index (κ1) is 25.6. The first-order chi connectivity index (χ1) is 16.8. The molecule has 2 aromatic rings. The molecule has 2 saturated heterocycles. The third-order valence-electron chi connectivity index (χ3n) is 7.13. The third kappa shape index (κ3) is 7.04. The number of likely N-dealkylation sites (tertiary alicyclic amines) is 2. The Labute approximate surface area is 204 Å². The number of rotatable bonds is 7. The van der Waals surface area contributed by atoms with Gasteiger partial charge in [-0.2, -0.15) is 13.2 Å². The van der Waals surface area contributed by atoms with Gasteiger partial charge in [-0.05, 0) is 100 Å². The minimum absolute atomic E-state index is 0.0769. The molecule has 0 unspecified atom stereocenters. The van der Waals surface area contributed by atoms with Gasteiger partial charge >= 0.3 is 6.18 Å². The summed E-state index contributed by atoms with van der Waals surface area (Å²) in [5.41, 5.74) is 0.242. The second-order valence-corrected chi connectivity index (χ2v) is 9.59. The molecule has 0 saturated carbocycles. The minimum Gasteiger partial charge on any atom is -0.324 e. The van der Waals surface area contributed by atoms with Crippen LogP contribution >= 0.6 is 0 Å². The fourth-order valence-corrected chi connectivity index (χ4v) is 5.12. The predicted molar refractivity (Wildman–Crippen MR) is 130 cm³/mol. The molecule has 0 aliphatic carbocycles. The van der Waals surface area contributed by atoms with Crippen LogP contribution in [0.25, 0.3) is 11.1 Å². The van der Waals surface area contributed by atoms with Crippen molar-refractivity contribution in [1.29, 1.82) is 0 Å². The fraction of sp³-hybridized carbons (Fsp3) is 0.519. The lowest BCUT2D eigenvalue weighted by atomic mass is 10.00. The average Bonchev–Trinajstić information content (AvgIpc) is 2.86. The normalized spacial score (nSPS) is 18.5. The molecule has 2 aromatic carbocycles. The molecule has 0 spiro atoms. The number of amides is 1. The summed E-state index contributed by atoms with van der Waals surface area (Å²) in [7, 11) is 0. The van der Waals surface area contributed by atoms with Crippen LogP contribution in [-0.4, -0.2) is 54.5 Å². The van der Waals surface area contributed by atoms with Crippen LogP contribution in [0.2, 0.25) is 0 Å². The van der Waals surface area contributed by atoms with Gasteiger partial charge in [-0.15, -0.1) is 0 Å². The molecule has 35 heavy (non-hydrogen) atoms. The first-order valence-corrected chi connectivity index (χ1v) is 12.5. The Hall–Kier alpha value is -2.45. The van der Waals surface area contributed by atoms with Crippen molar-refractivity contribution in [1.82, 2.24) is 9.80 Å². The summed E-state index contributed by atoms with van der Waals surface area (Å²) in [6.07, 6.45) is 2.95. The number of hydrogen-bond donors (Lipinski definition) is 1. The summed E-state index contributed by atoms with van der Waals surface area (Å²) in [6.45, 7) is 5.43. The van der Waals surface area contributed by atoms with Gasteiger partial charge in [0.2, 0.25) is 5.91 Å². The van der Waals surface area contributed by atoms with Crippen molar-refractivity contribution in [3.05, 3.63) is 53.8 Å². The highest BCUT2D eigenvalue weighted by atomic mass is 19.4. The number of alkyl halides is 3. The Bertz CT molecular complexity index is 979. The van der Waals surface area contributed by atoms with Gasteiger partial charge in [-0.25, -0.2) is 4.39 Å². The number of nitrogens with one attached hydrogen (secondary N) is 1. The molecule has 2 aliphatic heterocycles. The van der Waals surface area contributed by atoms with E-state index in [-0.39, 0.29) is 11.6 Å². The molecule has 190 valence electrons. The van der Waals surface area contributed by atoms with E-state index >= 15 is 0 Å². The monoisotopic (exact) mass is 491 g/mol. The largest absolute Gasteiger partial charge is 0.416 e. The Balaban J connectivity index is 1.21. The van der Waals surface area contributed by atoms with Gasteiger partial charge < -0.3 is 15.1 Å². The third-order valence-corrected chi connectivity index (χ3v) is 7.13. The molecule has 1 N–H and O–H groups in total. The fourth-order valence-electron chi connectivity index (χ4n) is 5.12. The molecule has 0 bridgehead atoms. The summed E-state index contributed by atoms with van der Waals surface area (Å²) in [5, 5.41) is 2.62. The highest BCUT2D eigenvalue weighted by Gasteiger charge is 2.30. The molecule has 0 atom stereocenters. The highest BCUT2D eigenvalue weighted by Crippen LogP contribution is 2.31. The van der Waals surface area contributed by atoms with Crippen molar-refractivity contribution in [2.75, 3.05) is 38.0 Å². The van der Waals surface area contributed by atoms with E-state index in [1.165, 1.54) is 69.5 Å². The van der Waals surface area contributed by atoms with Crippen LogP contribution in [0.5, 0.6) is 0 Å². The molecule has 4 nitrogen and oxygen atoms in total. The van der Waals surface area contributed by atoms with Gasteiger partial charge in [0, 0.05) is 12.5 Å². The number of benzene rings is 2. The van der Waals surface area contributed by atoms with E-state index < -0.39 is 17.6 Å². The van der Waals surface area contributed by atoms with Crippen molar-refractivity contribution in [3.63, 3.8) is 0 Å². The van der Waals surface area contributed by atoms with Crippen molar-refractivity contribution in [2.45, 2.75) is 57.2 Å². The van der Waals surface area contributed by atoms with E-state index in [2.05, 4.69) is 15.1 Å². The molecule has 2 fully saturated rings. The quantitative estimate of drug-likeness (QED) is 0.470. The molecule has 2 aliphatic rings. The average molecular weight is 492 g/mol. The molecular formula is C27H33F4N3O. The van der Waals surface area contributed by atoms with E-state index in [0.29, 0.717) is 30.0 Å². The second-order valence-electron chi connectivity index (χ2n) is 9.59. The zero-order valence-electron chi connectivity index (χ0n) is 19.9. The zero-order valence-corrected chi connectivity index (χ0v) is 19.9. The van der Waals surface area contributed by atoms with Crippen LogP contribution in [-0.2, 0) is 11.0 Å². The Morgan fingerprint density at radius 3 is 2.20 bits per heavy atom. The van der Waals surface area contributed by atoms with Crippen LogP contribution in [0.1, 0.15) is 50.5 Å². The number of anilines is 1. The van der Waals surface area contributed by atoms with Crippen LogP contribution in [0.3, 0.4) is 0 Å². The standard InChI is InChI=1S/C27H33F4N3O/c28-24-19-21(20-6-9-22(10-7-20)27(29,30)31)8-11-25(24)32-26(35)5-4-14-33-17-12-23(13-18-33)34-15-2-1-3-16-34/h6-11,19,23H,1-5,12-18H2,(H,32,35). The second kappa shape index (κ2) is 11.5. The van der Waals surface area contributed by atoms with E-state index in [1.807, 2.05) is 0 Å². The number of piperidine rings is 2. The first-order valence-electron chi connectivity index (χ1n) is 12.5. The van der Waals surface area contributed by atoms with Gasteiger partial charge in [0.1, 0.15) is 5.82 Å². The number of carbonyl (C=O) groups excluding carboxylic acids is 1. The van der Waals surface area contributed by atoms with E-state index in [4.69, 9.17) is 0 Å². The smallest absolute Gasteiger partial charge is 0.324 e. The maximum atomic E-state index is 14.6. The van der Waals surface area contributed by atoms with Crippen molar-refractivity contribution in [3.8, 4) is 11.1 Å². The predicted octanol–water partition coefficient (Wildman–Crippen LogP) is 6.18. The number of nitrogens with zero attached hydrogens (tertiary/aromatic N) is 2. The van der Waals surface area contributed by atoms with Crippen LogP contribution < -0.4 is 5.32 Å². The van der Waals surface area contributed by atoms with E-state index in [0.717, 1.165) is 31.8 Å². The SMILES string of the molecule is O=C(CCCN1CCC(N2CCCCC2)CC1)Nc1ccc(-c2ccc(C(F)(F)F)cc2)cc1F. The lowest BCUT2D eigenvalue weighted by Gasteiger charge is -2.40. The zero-order chi connectivity index (χ0) is 24.8. The summed E-state index contributed by atoms with van der Waals surface area (Å²) in [5.74, 6) is -0.857. The lowest BCUT2D eigenvalue weighted by molar-refractivity contribution is -0.137. The van der Waals surface area contributed by atoms with Crippen LogP contribution in [0.4, 0.5) is 23.2 Å². The van der Waals surface area contributed by atoms with Gasteiger partial charge in [0.15, 0.2) is 0 Å². The Kier molecular flexibility index (Phi) is 8.44. The van der Waals surface area contributed by atoms with Gasteiger partial charge in [0.25, 0.3) is 0 Å². The van der Waals surface area contributed by atoms with Gasteiger partial charge in [-0.1, -0.05) is 24.6 Å². The summed E-state index contributed by atoms with van der Waals surface area (Å²) in [4.78, 5) is 17.4. The lowest BCUT2D eigenvalue weighted by Crippen LogP contribution is -2.46. The van der Waals surface area contributed by atoms with Gasteiger partial charge in [-0.3, -0.25) is 4.79 Å². The van der Waals surface area contributed by atoms with Crippen molar-refractivity contribution >= 4 is 11.6 Å². The number of halogens is 4. The summed E-state index contributed by atoms with van der Waals surface area (Å²) < 4.78 is 52.8. The maximum absolute atomic E-state index is 14.6. The Morgan fingerprint density at radius 2 is 1.57 bits per heavy atom. The van der Waals surface area contributed by atoms with Crippen LogP contribution in [0, 0.1) is 5.82 Å². The molecule has 4 rings (SSSR count).